The summed E-state index contributed by atoms with van der Waals surface area (Å²) in [6, 6.07) is 16.7. The number of rotatable bonds is 9. The highest BCUT2D eigenvalue weighted by atomic mass is 32.2. The van der Waals surface area contributed by atoms with Crippen LogP contribution < -0.4 is 19.7 Å². The van der Waals surface area contributed by atoms with E-state index in [-0.39, 0.29) is 22.1 Å². The number of sulfonamides is 1. The van der Waals surface area contributed by atoms with Gasteiger partial charge < -0.3 is 19.7 Å². The van der Waals surface area contributed by atoms with E-state index in [1.54, 1.807) is 62.3 Å². The molecular weight excluding hydrogens is 506 g/mol. The first-order chi connectivity index (χ1) is 18.2. The van der Waals surface area contributed by atoms with E-state index in [1.807, 2.05) is 6.07 Å². The topological polar surface area (TPSA) is 105 Å². The zero-order valence-corrected chi connectivity index (χ0v) is 22.7. The van der Waals surface area contributed by atoms with Crippen LogP contribution in [-0.2, 0) is 16.4 Å². The van der Waals surface area contributed by atoms with Crippen LogP contribution in [0.3, 0.4) is 0 Å². The second kappa shape index (κ2) is 11.2. The Hall–Kier alpha value is -3.89. The van der Waals surface area contributed by atoms with Crippen molar-refractivity contribution in [2.75, 3.05) is 44.1 Å². The van der Waals surface area contributed by atoms with Gasteiger partial charge in [-0.1, -0.05) is 19.9 Å². The molecule has 200 valence electrons. The smallest absolute Gasteiger partial charge is 0.258 e. The molecule has 1 N–H and O–H groups in total. The molecule has 4 rings (SSSR count). The fourth-order valence-electron chi connectivity index (χ4n) is 4.48. The molecule has 1 heterocycles. The molecule has 0 aromatic heterocycles. The Labute approximate surface area is 223 Å². The van der Waals surface area contributed by atoms with Crippen LogP contribution in [-0.4, -0.2) is 58.4 Å². The highest BCUT2D eigenvalue weighted by Gasteiger charge is 2.28. The van der Waals surface area contributed by atoms with Gasteiger partial charge in [-0.25, -0.2) is 8.42 Å². The number of benzene rings is 3. The van der Waals surface area contributed by atoms with E-state index in [2.05, 4.69) is 5.32 Å². The van der Waals surface area contributed by atoms with Gasteiger partial charge in [0.25, 0.3) is 11.8 Å². The number of amides is 2. The highest BCUT2D eigenvalue weighted by molar-refractivity contribution is 7.89. The minimum atomic E-state index is -3.85. The number of carbonyl (C=O) groups excluding carboxylic acids is 2. The fourth-order valence-corrected chi connectivity index (χ4v) is 6.12. The first-order valence-corrected chi connectivity index (χ1v) is 13.8. The Kier molecular flexibility index (Phi) is 8.03. The Bertz CT molecular complexity index is 1450. The summed E-state index contributed by atoms with van der Waals surface area (Å²) in [6.45, 7) is 4.61. The van der Waals surface area contributed by atoms with E-state index >= 15 is 0 Å². The molecule has 0 aliphatic carbocycles. The van der Waals surface area contributed by atoms with Crippen molar-refractivity contribution in [2.24, 2.45) is 0 Å². The van der Waals surface area contributed by atoms with Gasteiger partial charge in [0.1, 0.15) is 16.4 Å². The molecule has 0 atom stereocenters. The maximum Gasteiger partial charge on any atom is 0.258 e. The van der Waals surface area contributed by atoms with Crippen molar-refractivity contribution in [3.8, 4) is 11.5 Å². The lowest BCUT2D eigenvalue weighted by atomic mass is 10.1. The number of ether oxygens (including phenoxy) is 2. The molecule has 0 radical (unpaired) electrons. The molecule has 3 aromatic carbocycles. The number of carbonyl (C=O) groups is 2. The predicted octanol–water partition coefficient (Wildman–Crippen LogP) is 4.19. The second-order valence-electron chi connectivity index (χ2n) is 8.69. The van der Waals surface area contributed by atoms with E-state index in [4.69, 9.17) is 9.47 Å². The van der Waals surface area contributed by atoms with Crippen LogP contribution in [0.25, 0.3) is 0 Å². The van der Waals surface area contributed by atoms with Gasteiger partial charge in [0, 0.05) is 42.1 Å². The summed E-state index contributed by atoms with van der Waals surface area (Å²) in [5.41, 5.74) is 2.92. The third-order valence-corrected chi connectivity index (χ3v) is 8.64. The lowest BCUT2D eigenvalue weighted by molar-refractivity contribution is 0.0988. The number of anilines is 2. The predicted molar refractivity (Wildman–Crippen MR) is 146 cm³/mol. The molecular formula is C28H31N3O6S. The standard InChI is InChI=1S/C28H31N3O6S/c1-5-30(6-2)38(34,35)26-17-21(10-14-25(26)37-4)27(32)29-22-11-7-19-15-16-31(24(19)18-22)28(33)20-8-12-23(36-3)13-9-20/h7-14,17-18H,5-6,15-16H2,1-4H3,(H,29,32). The Morgan fingerprint density at radius 2 is 1.61 bits per heavy atom. The molecule has 0 unspecified atom stereocenters. The molecule has 1 aliphatic rings. The third-order valence-electron chi connectivity index (χ3n) is 6.57. The van der Waals surface area contributed by atoms with Crippen molar-refractivity contribution < 1.29 is 27.5 Å². The molecule has 10 heteroatoms. The largest absolute Gasteiger partial charge is 0.497 e. The normalized spacial score (nSPS) is 12.8. The van der Waals surface area contributed by atoms with Gasteiger partial charge in [0.2, 0.25) is 10.0 Å². The minimum Gasteiger partial charge on any atom is -0.497 e. The molecule has 0 spiro atoms. The molecule has 9 nitrogen and oxygen atoms in total. The average molecular weight is 538 g/mol. The van der Waals surface area contributed by atoms with Crippen LogP contribution in [0, 0.1) is 0 Å². The lowest BCUT2D eigenvalue weighted by Gasteiger charge is -2.20. The number of nitrogens with zero attached hydrogens (tertiary/aromatic N) is 2. The van der Waals surface area contributed by atoms with Crippen LogP contribution in [0.1, 0.15) is 40.1 Å². The van der Waals surface area contributed by atoms with Gasteiger partial charge in [-0.15, -0.1) is 0 Å². The highest BCUT2D eigenvalue weighted by Crippen LogP contribution is 2.33. The number of nitrogens with one attached hydrogen (secondary N) is 1. The van der Waals surface area contributed by atoms with E-state index in [0.29, 0.717) is 43.1 Å². The van der Waals surface area contributed by atoms with E-state index in [9.17, 15) is 18.0 Å². The molecule has 3 aromatic rings. The molecule has 0 saturated carbocycles. The van der Waals surface area contributed by atoms with Gasteiger partial charge in [0.15, 0.2) is 0 Å². The number of fused-ring (bicyclic) bond motifs is 1. The van der Waals surface area contributed by atoms with Gasteiger partial charge in [-0.05, 0) is 66.6 Å². The Morgan fingerprint density at radius 3 is 2.24 bits per heavy atom. The van der Waals surface area contributed by atoms with Crippen molar-refractivity contribution in [2.45, 2.75) is 25.2 Å². The Balaban J connectivity index is 1.59. The summed E-state index contributed by atoms with van der Waals surface area (Å²) >= 11 is 0. The van der Waals surface area contributed by atoms with Gasteiger partial charge >= 0.3 is 0 Å². The second-order valence-corrected chi connectivity index (χ2v) is 10.6. The maximum absolute atomic E-state index is 13.2. The SMILES string of the molecule is CCN(CC)S(=O)(=O)c1cc(C(=O)Nc2ccc3c(c2)N(C(=O)c2ccc(OC)cc2)CC3)ccc1OC. The number of hydrogen-bond donors (Lipinski definition) is 1. The number of hydrogen-bond acceptors (Lipinski definition) is 6. The average Bonchev–Trinajstić information content (AvgIpc) is 3.36. The van der Waals surface area contributed by atoms with Crippen LogP contribution in [0.4, 0.5) is 11.4 Å². The van der Waals surface area contributed by atoms with Crippen molar-refractivity contribution in [3.63, 3.8) is 0 Å². The lowest BCUT2D eigenvalue weighted by Crippen LogP contribution is -2.31. The van der Waals surface area contributed by atoms with E-state index in [1.165, 1.54) is 29.6 Å². The third kappa shape index (κ3) is 5.23. The fraction of sp³-hybridized carbons (Fsp3) is 0.286. The summed E-state index contributed by atoms with van der Waals surface area (Å²) in [4.78, 5) is 28.0. The van der Waals surface area contributed by atoms with Crippen molar-refractivity contribution >= 4 is 33.2 Å². The first-order valence-electron chi connectivity index (χ1n) is 12.3. The number of methoxy groups -OCH3 is 2. The first kappa shape index (κ1) is 27.2. The molecule has 0 saturated heterocycles. The quantitative estimate of drug-likeness (QED) is 0.439. The summed E-state index contributed by atoms with van der Waals surface area (Å²) < 4.78 is 38.1. The van der Waals surface area contributed by atoms with Gasteiger partial charge in [-0.2, -0.15) is 4.31 Å². The van der Waals surface area contributed by atoms with Gasteiger partial charge in [0.05, 0.1) is 14.2 Å². The van der Waals surface area contributed by atoms with Crippen LogP contribution in [0.2, 0.25) is 0 Å². The summed E-state index contributed by atoms with van der Waals surface area (Å²) in [6.07, 6.45) is 0.705. The van der Waals surface area contributed by atoms with Gasteiger partial charge in [-0.3, -0.25) is 9.59 Å². The summed E-state index contributed by atoms with van der Waals surface area (Å²) in [5, 5.41) is 2.83. The van der Waals surface area contributed by atoms with E-state index < -0.39 is 15.9 Å². The molecule has 0 bridgehead atoms. The summed E-state index contributed by atoms with van der Waals surface area (Å²) in [5.74, 6) is 0.213. The van der Waals surface area contributed by atoms with Crippen molar-refractivity contribution in [1.29, 1.82) is 0 Å². The molecule has 0 fully saturated rings. The van der Waals surface area contributed by atoms with Crippen LogP contribution >= 0.6 is 0 Å². The van der Waals surface area contributed by atoms with Crippen LogP contribution in [0.15, 0.2) is 65.6 Å². The molecule has 38 heavy (non-hydrogen) atoms. The monoisotopic (exact) mass is 537 g/mol. The Morgan fingerprint density at radius 1 is 0.921 bits per heavy atom. The minimum absolute atomic E-state index is 0.0680. The maximum atomic E-state index is 13.2. The molecule has 2 amide bonds. The van der Waals surface area contributed by atoms with Crippen molar-refractivity contribution in [3.05, 3.63) is 77.4 Å². The van der Waals surface area contributed by atoms with Crippen molar-refractivity contribution in [1.82, 2.24) is 4.31 Å². The van der Waals surface area contributed by atoms with E-state index in [0.717, 1.165) is 11.3 Å². The zero-order valence-electron chi connectivity index (χ0n) is 21.9. The zero-order chi connectivity index (χ0) is 27.4. The molecule has 1 aliphatic heterocycles. The summed E-state index contributed by atoms with van der Waals surface area (Å²) in [7, 11) is -0.894. The van der Waals surface area contributed by atoms with Crippen LogP contribution in [0.5, 0.6) is 11.5 Å².